The van der Waals surface area contributed by atoms with Crippen molar-refractivity contribution < 1.29 is 14.3 Å². The molecule has 0 atom stereocenters. The Bertz CT molecular complexity index is 625. The van der Waals surface area contributed by atoms with Crippen LogP contribution in [0, 0.1) is 6.92 Å². The molecule has 2 aromatic carbocycles. The van der Waals surface area contributed by atoms with Crippen molar-refractivity contribution >= 4 is 5.91 Å². The van der Waals surface area contributed by atoms with Crippen molar-refractivity contribution in [3.8, 4) is 11.5 Å². The van der Waals surface area contributed by atoms with Crippen LogP contribution < -0.4 is 14.8 Å². The van der Waals surface area contributed by atoms with Crippen molar-refractivity contribution in [3.05, 3.63) is 59.7 Å². The van der Waals surface area contributed by atoms with Crippen LogP contribution in [0.4, 0.5) is 0 Å². The van der Waals surface area contributed by atoms with E-state index in [1.807, 2.05) is 55.5 Å². The van der Waals surface area contributed by atoms with Crippen LogP contribution in [-0.4, -0.2) is 26.2 Å². The highest BCUT2D eigenvalue weighted by Crippen LogP contribution is 2.17. The Morgan fingerprint density at radius 1 is 1.05 bits per heavy atom. The fourth-order valence-electron chi connectivity index (χ4n) is 2.16. The topological polar surface area (TPSA) is 47.6 Å². The Labute approximate surface area is 131 Å². The van der Waals surface area contributed by atoms with E-state index in [-0.39, 0.29) is 12.5 Å². The van der Waals surface area contributed by atoms with Crippen LogP contribution in [0.5, 0.6) is 11.5 Å². The SMILES string of the molecule is COc1ccccc1CCNC(=O)COc1ccccc1C. The molecule has 0 aliphatic heterocycles. The van der Waals surface area contributed by atoms with Crippen molar-refractivity contribution in [1.29, 1.82) is 0 Å². The Morgan fingerprint density at radius 3 is 2.45 bits per heavy atom. The van der Waals surface area contributed by atoms with E-state index in [0.29, 0.717) is 6.54 Å². The Hall–Kier alpha value is -2.49. The van der Waals surface area contributed by atoms with Crippen molar-refractivity contribution in [1.82, 2.24) is 5.32 Å². The number of para-hydroxylation sites is 2. The summed E-state index contributed by atoms with van der Waals surface area (Å²) >= 11 is 0. The quantitative estimate of drug-likeness (QED) is 0.855. The second kappa shape index (κ2) is 8.08. The molecule has 0 aromatic heterocycles. The Morgan fingerprint density at radius 2 is 1.73 bits per heavy atom. The van der Waals surface area contributed by atoms with E-state index in [1.54, 1.807) is 7.11 Å². The number of nitrogens with one attached hydrogen (secondary N) is 1. The lowest BCUT2D eigenvalue weighted by molar-refractivity contribution is -0.123. The summed E-state index contributed by atoms with van der Waals surface area (Å²) in [4.78, 5) is 11.8. The normalized spacial score (nSPS) is 10.1. The molecule has 1 amide bonds. The van der Waals surface area contributed by atoms with Gasteiger partial charge in [-0.15, -0.1) is 0 Å². The fraction of sp³-hybridized carbons (Fsp3) is 0.278. The first kappa shape index (κ1) is 15.9. The number of aryl methyl sites for hydroxylation is 1. The van der Waals surface area contributed by atoms with E-state index in [0.717, 1.165) is 29.0 Å². The highest BCUT2D eigenvalue weighted by atomic mass is 16.5. The van der Waals surface area contributed by atoms with Crippen molar-refractivity contribution in [3.63, 3.8) is 0 Å². The third-order valence-corrected chi connectivity index (χ3v) is 3.36. The maximum atomic E-state index is 11.8. The van der Waals surface area contributed by atoms with E-state index in [4.69, 9.17) is 9.47 Å². The first-order chi connectivity index (χ1) is 10.7. The fourth-order valence-corrected chi connectivity index (χ4v) is 2.16. The lowest BCUT2D eigenvalue weighted by Gasteiger charge is -2.10. The van der Waals surface area contributed by atoms with Gasteiger partial charge in [-0.2, -0.15) is 0 Å². The van der Waals surface area contributed by atoms with Crippen LogP contribution in [0.25, 0.3) is 0 Å². The number of benzene rings is 2. The lowest BCUT2D eigenvalue weighted by Crippen LogP contribution is -2.30. The van der Waals surface area contributed by atoms with Crippen LogP contribution in [0.3, 0.4) is 0 Å². The molecule has 4 heteroatoms. The third-order valence-electron chi connectivity index (χ3n) is 3.36. The van der Waals surface area contributed by atoms with Gasteiger partial charge in [-0.3, -0.25) is 4.79 Å². The van der Waals surface area contributed by atoms with Gasteiger partial charge in [0.25, 0.3) is 5.91 Å². The lowest BCUT2D eigenvalue weighted by atomic mass is 10.1. The third kappa shape index (κ3) is 4.52. The summed E-state index contributed by atoms with van der Waals surface area (Å²) in [6, 6.07) is 15.4. The second-order valence-electron chi connectivity index (χ2n) is 4.97. The van der Waals surface area contributed by atoms with Gasteiger partial charge in [0.2, 0.25) is 0 Å². The van der Waals surface area contributed by atoms with Gasteiger partial charge in [0.15, 0.2) is 6.61 Å². The number of carbonyl (C=O) groups excluding carboxylic acids is 1. The summed E-state index contributed by atoms with van der Waals surface area (Å²) in [5.74, 6) is 1.45. The molecule has 2 rings (SSSR count). The summed E-state index contributed by atoms with van der Waals surface area (Å²) in [6.45, 7) is 2.53. The van der Waals surface area contributed by atoms with Gasteiger partial charge in [0.05, 0.1) is 7.11 Å². The molecule has 0 spiro atoms. The van der Waals surface area contributed by atoms with Crippen LogP contribution in [0.1, 0.15) is 11.1 Å². The standard InChI is InChI=1S/C18H21NO3/c1-14-7-3-5-9-16(14)22-13-18(20)19-12-11-15-8-4-6-10-17(15)21-2/h3-10H,11-13H2,1-2H3,(H,19,20). The summed E-state index contributed by atoms with van der Waals surface area (Å²) in [6.07, 6.45) is 0.722. The van der Waals surface area contributed by atoms with Gasteiger partial charge in [0, 0.05) is 6.54 Å². The maximum absolute atomic E-state index is 11.8. The number of ether oxygens (including phenoxy) is 2. The summed E-state index contributed by atoms with van der Waals surface area (Å²) < 4.78 is 10.8. The second-order valence-corrected chi connectivity index (χ2v) is 4.97. The summed E-state index contributed by atoms with van der Waals surface area (Å²) in [7, 11) is 1.65. The van der Waals surface area contributed by atoms with E-state index in [2.05, 4.69) is 5.32 Å². The summed E-state index contributed by atoms with van der Waals surface area (Å²) in [5, 5.41) is 2.85. The minimum Gasteiger partial charge on any atom is -0.496 e. The molecule has 22 heavy (non-hydrogen) atoms. The molecule has 4 nitrogen and oxygen atoms in total. The van der Waals surface area contributed by atoms with E-state index in [9.17, 15) is 4.79 Å². The molecule has 2 aromatic rings. The molecule has 0 fully saturated rings. The van der Waals surface area contributed by atoms with Gasteiger partial charge in [-0.05, 0) is 36.6 Å². The molecule has 0 saturated heterocycles. The van der Waals surface area contributed by atoms with Crippen LogP contribution in [0.15, 0.2) is 48.5 Å². The van der Waals surface area contributed by atoms with E-state index in [1.165, 1.54) is 0 Å². The van der Waals surface area contributed by atoms with Gasteiger partial charge in [-0.1, -0.05) is 36.4 Å². The molecule has 0 heterocycles. The minimum atomic E-state index is -0.127. The van der Waals surface area contributed by atoms with Gasteiger partial charge in [0.1, 0.15) is 11.5 Å². The van der Waals surface area contributed by atoms with E-state index < -0.39 is 0 Å². The number of rotatable bonds is 7. The molecule has 0 aliphatic carbocycles. The van der Waals surface area contributed by atoms with Crippen molar-refractivity contribution in [2.75, 3.05) is 20.3 Å². The molecule has 116 valence electrons. The number of hydrogen-bond acceptors (Lipinski definition) is 3. The molecule has 1 N–H and O–H groups in total. The first-order valence-electron chi connectivity index (χ1n) is 7.27. The maximum Gasteiger partial charge on any atom is 0.257 e. The van der Waals surface area contributed by atoms with Gasteiger partial charge < -0.3 is 14.8 Å². The number of hydrogen-bond donors (Lipinski definition) is 1. The molecule has 0 bridgehead atoms. The van der Waals surface area contributed by atoms with E-state index >= 15 is 0 Å². The van der Waals surface area contributed by atoms with Crippen LogP contribution >= 0.6 is 0 Å². The zero-order valence-electron chi connectivity index (χ0n) is 13.0. The van der Waals surface area contributed by atoms with Crippen molar-refractivity contribution in [2.45, 2.75) is 13.3 Å². The number of carbonyl (C=O) groups is 1. The number of amides is 1. The number of methoxy groups -OCH3 is 1. The van der Waals surface area contributed by atoms with Crippen LogP contribution in [-0.2, 0) is 11.2 Å². The average Bonchev–Trinajstić information content (AvgIpc) is 2.54. The minimum absolute atomic E-state index is 0.0246. The zero-order valence-corrected chi connectivity index (χ0v) is 13.0. The molecule has 0 unspecified atom stereocenters. The van der Waals surface area contributed by atoms with Crippen molar-refractivity contribution in [2.24, 2.45) is 0 Å². The highest BCUT2D eigenvalue weighted by Gasteiger charge is 2.05. The summed E-state index contributed by atoms with van der Waals surface area (Å²) in [5.41, 5.74) is 2.09. The monoisotopic (exact) mass is 299 g/mol. The van der Waals surface area contributed by atoms with Gasteiger partial charge in [-0.25, -0.2) is 0 Å². The average molecular weight is 299 g/mol. The predicted molar refractivity (Wildman–Crippen MR) is 86.4 cm³/mol. The Balaban J connectivity index is 1.75. The van der Waals surface area contributed by atoms with Crippen LogP contribution in [0.2, 0.25) is 0 Å². The molecular formula is C18H21NO3. The zero-order chi connectivity index (χ0) is 15.8. The molecular weight excluding hydrogens is 278 g/mol. The Kier molecular flexibility index (Phi) is 5.83. The van der Waals surface area contributed by atoms with Gasteiger partial charge >= 0.3 is 0 Å². The first-order valence-corrected chi connectivity index (χ1v) is 7.27. The molecule has 0 saturated carbocycles. The predicted octanol–water partition coefficient (Wildman–Crippen LogP) is 2.74. The largest absolute Gasteiger partial charge is 0.496 e. The highest BCUT2D eigenvalue weighted by molar-refractivity contribution is 5.77. The smallest absolute Gasteiger partial charge is 0.257 e. The molecule has 0 radical (unpaired) electrons. The molecule has 0 aliphatic rings.